The first-order chi connectivity index (χ1) is 14.2. The smallest absolute Gasteiger partial charge is 0.138 e. The Labute approximate surface area is 172 Å². The number of nitrogens with one attached hydrogen (secondary N) is 1. The van der Waals surface area contributed by atoms with E-state index in [1.165, 1.54) is 16.7 Å². The predicted octanol–water partition coefficient (Wildman–Crippen LogP) is 3.33. The Morgan fingerprint density at radius 1 is 1.28 bits per heavy atom. The van der Waals surface area contributed by atoms with Crippen molar-refractivity contribution in [1.29, 1.82) is 0 Å². The lowest BCUT2D eigenvalue weighted by Crippen LogP contribution is -2.38. The summed E-state index contributed by atoms with van der Waals surface area (Å²) in [6, 6.07) is 2.10. The molecule has 1 aliphatic carbocycles. The van der Waals surface area contributed by atoms with Gasteiger partial charge in [-0.1, -0.05) is 19.1 Å². The quantitative estimate of drug-likeness (QED) is 0.753. The molecule has 1 saturated heterocycles. The molecule has 0 amide bonds. The Balaban J connectivity index is 1.42. The topological polar surface area (TPSA) is 76.4 Å². The summed E-state index contributed by atoms with van der Waals surface area (Å²) in [5.41, 5.74) is 11.7. The highest BCUT2D eigenvalue weighted by Gasteiger charge is 2.12. The predicted molar refractivity (Wildman–Crippen MR) is 116 cm³/mol. The molecule has 6 heteroatoms. The van der Waals surface area contributed by atoms with Gasteiger partial charge in [0.1, 0.15) is 18.0 Å². The first kappa shape index (κ1) is 19.7. The summed E-state index contributed by atoms with van der Waals surface area (Å²) < 4.78 is 11.4. The summed E-state index contributed by atoms with van der Waals surface area (Å²) in [6.45, 7) is 7.30. The van der Waals surface area contributed by atoms with Crippen LogP contribution in [0.1, 0.15) is 25.3 Å². The standard InChI is InChI=1S/C23H30N4O2/c1-2-18-5-3-17(4-6-22(18)24)13-19-15-25-23-21(19)14-20(16-26-23)29-12-9-27-7-10-28-11-8-27/h3-4,6,14-16H,2,5,7-13,24H2,1H3,(H,25,26). The highest BCUT2D eigenvalue weighted by Crippen LogP contribution is 2.26. The minimum atomic E-state index is 0.658. The molecule has 154 valence electrons. The number of rotatable bonds is 7. The maximum atomic E-state index is 6.15. The molecule has 3 heterocycles. The van der Waals surface area contributed by atoms with Crippen LogP contribution >= 0.6 is 0 Å². The second-order valence-electron chi connectivity index (χ2n) is 7.59. The summed E-state index contributed by atoms with van der Waals surface area (Å²) in [4.78, 5) is 10.2. The van der Waals surface area contributed by atoms with Gasteiger partial charge in [0.25, 0.3) is 0 Å². The van der Waals surface area contributed by atoms with E-state index in [1.807, 2.05) is 12.3 Å². The van der Waals surface area contributed by atoms with Crippen LogP contribution in [0, 0.1) is 0 Å². The van der Waals surface area contributed by atoms with Crippen molar-refractivity contribution < 1.29 is 9.47 Å². The van der Waals surface area contributed by atoms with E-state index >= 15 is 0 Å². The molecule has 1 aliphatic heterocycles. The second-order valence-corrected chi connectivity index (χ2v) is 7.59. The third kappa shape index (κ3) is 4.89. The normalized spacial score (nSPS) is 18.2. The number of nitrogens with zero attached hydrogens (tertiary/aromatic N) is 2. The van der Waals surface area contributed by atoms with Crippen LogP contribution in [-0.4, -0.2) is 54.3 Å². The molecule has 1 fully saturated rings. The average molecular weight is 395 g/mol. The van der Waals surface area contributed by atoms with Gasteiger partial charge in [-0.05, 0) is 48.1 Å². The lowest BCUT2D eigenvalue weighted by molar-refractivity contribution is 0.0322. The van der Waals surface area contributed by atoms with E-state index in [-0.39, 0.29) is 0 Å². The van der Waals surface area contributed by atoms with Crippen molar-refractivity contribution in [2.45, 2.75) is 26.2 Å². The van der Waals surface area contributed by atoms with E-state index in [0.717, 1.165) is 74.6 Å². The van der Waals surface area contributed by atoms with E-state index in [4.69, 9.17) is 15.2 Å². The highest BCUT2D eigenvalue weighted by atomic mass is 16.5. The maximum absolute atomic E-state index is 6.15. The Hall–Kier alpha value is -2.57. The summed E-state index contributed by atoms with van der Waals surface area (Å²) in [5.74, 6) is 0.816. The minimum Gasteiger partial charge on any atom is -0.491 e. The van der Waals surface area contributed by atoms with Crippen molar-refractivity contribution in [3.63, 3.8) is 0 Å². The molecular weight excluding hydrogens is 364 g/mol. The van der Waals surface area contributed by atoms with Crippen molar-refractivity contribution in [2.75, 3.05) is 39.5 Å². The van der Waals surface area contributed by atoms with E-state index in [0.29, 0.717) is 6.61 Å². The summed E-state index contributed by atoms with van der Waals surface area (Å²) in [7, 11) is 0. The number of nitrogens with two attached hydrogens (primary N) is 1. The van der Waals surface area contributed by atoms with Crippen molar-refractivity contribution in [2.24, 2.45) is 5.73 Å². The van der Waals surface area contributed by atoms with E-state index < -0.39 is 0 Å². The second kappa shape index (κ2) is 9.29. The number of pyridine rings is 1. The highest BCUT2D eigenvalue weighted by molar-refractivity contribution is 5.81. The molecule has 29 heavy (non-hydrogen) atoms. The zero-order valence-electron chi connectivity index (χ0n) is 17.1. The number of fused-ring (bicyclic) bond motifs is 1. The van der Waals surface area contributed by atoms with E-state index in [1.54, 1.807) is 6.20 Å². The molecular formula is C23H30N4O2. The molecule has 2 aromatic heterocycles. The monoisotopic (exact) mass is 394 g/mol. The zero-order chi connectivity index (χ0) is 20.1. The van der Waals surface area contributed by atoms with E-state index in [9.17, 15) is 0 Å². The van der Waals surface area contributed by atoms with Crippen LogP contribution in [0.5, 0.6) is 5.75 Å². The molecule has 3 N–H and O–H groups in total. The Kier molecular flexibility index (Phi) is 6.32. The number of ether oxygens (including phenoxy) is 2. The molecule has 6 nitrogen and oxygen atoms in total. The Bertz CT molecular complexity index is 936. The van der Waals surface area contributed by atoms with Crippen molar-refractivity contribution in [3.8, 4) is 5.75 Å². The van der Waals surface area contributed by atoms with Gasteiger partial charge in [0, 0.05) is 36.9 Å². The molecule has 2 aromatic rings. The average Bonchev–Trinajstić information content (AvgIpc) is 3.05. The van der Waals surface area contributed by atoms with Crippen molar-refractivity contribution in [3.05, 3.63) is 59.1 Å². The first-order valence-electron chi connectivity index (χ1n) is 10.5. The number of aromatic amines is 1. The summed E-state index contributed by atoms with van der Waals surface area (Å²) in [6.07, 6.45) is 13.0. The number of hydrogen-bond donors (Lipinski definition) is 2. The third-order valence-corrected chi connectivity index (χ3v) is 5.69. The molecule has 0 atom stereocenters. The van der Waals surface area contributed by atoms with Crippen molar-refractivity contribution >= 4 is 11.0 Å². The van der Waals surface area contributed by atoms with Gasteiger partial charge in [-0.25, -0.2) is 4.98 Å². The number of allylic oxidation sites excluding steroid dienone is 5. The number of aromatic nitrogens is 2. The van der Waals surface area contributed by atoms with Crippen LogP contribution in [0.2, 0.25) is 0 Å². The summed E-state index contributed by atoms with van der Waals surface area (Å²) in [5, 5.41) is 1.11. The number of morpholine rings is 1. The molecule has 0 unspecified atom stereocenters. The van der Waals surface area contributed by atoms with Gasteiger partial charge >= 0.3 is 0 Å². The number of hydrogen-bond acceptors (Lipinski definition) is 5. The van der Waals surface area contributed by atoms with Crippen LogP contribution in [0.15, 0.2) is 53.5 Å². The fourth-order valence-corrected chi connectivity index (χ4v) is 3.84. The van der Waals surface area contributed by atoms with Gasteiger partial charge in [0.05, 0.1) is 19.4 Å². The molecule has 2 aliphatic rings. The van der Waals surface area contributed by atoms with Crippen molar-refractivity contribution in [1.82, 2.24) is 14.9 Å². The van der Waals surface area contributed by atoms with Crippen LogP contribution in [0.4, 0.5) is 0 Å². The molecule has 0 saturated carbocycles. The first-order valence-corrected chi connectivity index (χ1v) is 10.5. The fourth-order valence-electron chi connectivity index (χ4n) is 3.84. The Morgan fingerprint density at radius 3 is 2.97 bits per heavy atom. The van der Waals surface area contributed by atoms with Crippen LogP contribution < -0.4 is 10.5 Å². The van der Waals surface area contributed by atoms with E-state index in [2.05, 4.69) is 40.0 Å². The van der Waals surface area contributed by atoms with Gasteiger partial charge < -0.3 is 20.2 Å². The zero-order valence-corrected chi connectivity index (χ0v) is 17.1. The summed E-state index contributed by atoms with van der Waals surface area (Å²) >= 11 is 0. The number of H-pyrrole nitrogens is 1. The SMILES string of the molecule is CCC1=C(N)C=CC(Cc2c[nH]c3ncc(OCCN4CCOCC4)cc23)=CC1. The van der Waals surface area contributed by atoms with Crippen LogP contribution in [-0.2, 0) is 11.2 Å². The molecule has 0 bridgehead atoms. The lowest BCUT2D eigenvalue weighted by atomic mass is 10.0. The molecule has 0 radical (unpaired) electrons. The minimum absolute atomic E-state index is 0.658. The van der Waals surface area contributed by atoms with Gasteiger partial charge in [0.2, 0.25) is 0 Å². The van der Waals surface area contributed by atoms with Crippen LogP contribution in [0.3, 0.4) is 0 Å². The molecule has 0 spiro atoms. The van der Waals surface area contributed by atoms with Crippen LogP contribution in [0.25, 0.3) is 11.0 Å². The maximum Gasteiger partial charge on any atom is 0.138 e. The third-order valence-electron chi connectivity index (χ3n) is 5.69. The van der Waals surface area contributed by atoms with Gasteiger partial charge in [0.15, 0.2) is 0 Å². The fraction of sp³-hybridized carbons (Fsp3) is 0.435. The molecule has 0 aromatic carbocycles. The van der Waals surface area contributed by atoms with Gasteiger partial charge in [-0.15, -0.1) is 0 Å². The van der Waals surface area contributed by atoms with Gasteiger partial charge in [-0.2, -0.15) is 0 Å². The molecule has 4 rings (SSSR count). The Morgan fingerprint density at radius 2 is 2.14 bits per heavy atom. The largest absolute Gasteiger partial charge is 0.491 e. The van der Waals surface area contributed by atoms with Gasteiger partial charge in [-0.3, -0.25) is 4.90 Å². The lowest BCUT2D eigenvalue weighted by Gasteiger charge is -2.26.